The van der Waals surface area contributed by atoms with E-state index in [-0.39, 0.29) is 5.41 Å². The van der Waals surface area contributed by atoms with E-state index in [0.29, 0.717) is 0 Å². The molecule has 1 N–H and O–H groups in total. The number of allylic oxidation sites excluding steroid dienone is 2. The third-order valence-corrected chi connectivity index (χ3v) is 3.65. The van der Waals surface area contributed by atoms with Crippen LogP contribution in [0.2, 0.25) is 0 Å². The predicted octanol–water partition coefficient (Wildman–Crippen LogP) is 4.02. The van der Waals surface area contributed by atoms with Gasteiger partial charge in [-0.15, -0.1) is 6.58 Å². The van der Waals surface area contributed by atoms with Crippen LogP contribution in [0, 0.1) is 5.41 Å². The summed E-state index contributed by atoms with van der Waals surface area (Å²) in [7, 11) is 0. The molecule has 1 aromatic rings. The Labute approximate surface area is 103 Å². The van der Waals surface area contributed by atoms with E-state index in [9.17, 15) is 5.11 Å². The molecule has 2 rings (SSSR count). The zero-order valence-corrected chi connectivity index (χ0v) is 10.2. The largest absolute Gasteiger partial charge is 0.387 e. The molecular formula is C16H20O. The van der Waals surface area contributed by atoms with Crippen LogP contribution in [-0.4, -0.2) is 5.11 Å². The number of benzene rings is 1. The van der Waals surface area contributed by atoms with Crippen molar-refractivity contribution in [2.75, 3.05) is 0 Å². The quantitative estimate of drug-likeness (QED) is 0.772. The van der Waals surface area contributed by atoms with Gasteiger partial charge in [-0.1, -0.05) is 48.6 Å². The highest BCUT2D eigenvalue weighted by Crippen LogP contribution is 2.45. The first-order valence-corrected chi connectivity index (χ1v) is 6.30. The summed E-state index contributed by atoms with van der Waals surface area (Å²) in [6, 6.07) is 9.93. The predicted molar refractivity (Wildman–Crippen MR) is 71.6 cm³/mol. The summed E-state index contributed by atoms with van der Waals surface area (Å²) in [5.41, 5.74) is 0.849. The fourth-order valence-electron chi connectivity index (χ4n) is 2.70. The Morgan fingerprint density at radius 1 is 1.35 bits per heavy atom. The summed E-state index contributed by atoms with van der Waals surface area (Å²) in [6.45, 7) is 3.83. The van der Waals surface area contributed by atoms with E-state index in [4.69, 9.17) is 0 Å². The van der Waals surface area contributed by atoms with Crippen molar-refractivity contribution in [1.82, 2.24) is 0 Å². The van der Waals surface area contributed by atoms with Gasteiger partial charge in [-0.3, -0.25) is 0 Å². The van der Waals surface area contributed by atoms with Crippen LogP contribution in [0.3, 0.4) is 0 Å². The number of aliphatic hydroxyl groups excluding tert-OH is 1. The Morgan fingerprint density at radius 3 is 2.71 bits per heavy atom. The van der Waals surface area contributed by atoms with Gasteiger partial charge in [0, 0.05) is 5.41 Å². The zero-order valence-electron chi connectivity index (χ0n) is 10.2. The van der Waals surface area contributed by atoms with Gasteiger partial charge in [0.25, 0.3) is 0 Å². The van der Waals surface area contributed by atoms with Crippen LogP contribution in [0.15, 0.2) is 55.1 Å². The van der Waals surface area contributed by atoms with E-state index in [1.807, 2.05) is 36.4 Å². The van der Waals surface area contributed by atoms with Gasteiger partial charge >= 0.3 is 0 Å². The van der Waals surface area contributed by atoms with Crippen molar-refractivity contribution in [3.05, 3.63) is 60.7 Å². The first-order chi connectivity index (χ1) is 8.28. The number of rotatable bonds is 4. The maximum absolute atomic E-state index is 10.6. The first kappa shape index (κ1) is 12.1. The van der Waals surface area contributed by atoms with Gasteiger partial charge in [0.1, 0.15) is 0 Å². The van der Waals surface area contributed by atoms with Gasteiger partial charge in [-0.25, -0.2) is 0 Å². The minimum Gasteiger partial charge on any atom is -0.387 e. The topological polar surface area (TPSA) is 20.2 Å². The van der Waals surface area contributed by atoms with E-state index in [1.165, 1.54) is 0 Å². The zero-order chi connectivity index (χ0) is 12.1. The SMILES string of the molecule is C=CC[C@]1([C@@H](O)c2ccccc2)C=CCCC1. The molecule has 1 aliphatic carbocycles. The molecule has 0 unspecified atom stereocenters. The maximum atomic E-state index is 10.6. The monoisotopic (exact) mass is 228 g/mol. The van der Waals surface area contributed by atoms with Crippen LogP contribution in [0.4, 0.5) is 0 Å². The second-order valence-electron chi connectivity index (χ2n) is 4.83. The van der Waals surface area contributed by atoms with E-state index >= 15 is 0 Å². The lowest BCUT2D eigenvalue weighted by molar-refractivity contribution is 0.0484. The van der Waals surface area contributed by atoms with Crippen molar-refractivity contribution in [2.45, 2.75) is 31.8 Å². The molecule has 0 heterocycles. The van der Waals surface area contributed by atoms with Gasteiger partial charge in [0.2, 0.25) is 0 Å². The minimum absolute atomic E-state index is 0.151. The van der Waals surface area contributed by atoms with E-state index in [0.717, 1.165) is 31.2 Å². The fraction of sp³-hybridized carbons (Fsp3) is 0.375. The Balaban J connectivity index is 2.30. The van der Waals surface area contributed by atoms with Crippen LogP contribution in [0.25, 0.3) is 0 Å². The van der Waals surface area contributed by atoms with Crippen molar-refractivity contribution in [3.8, 4) is 0 Å². The van der Waals surface area contributed by atoms with Crippen LogP contribution in [-0.2, 0) is 0 Å². The third kappa shape index (κ3) is 2.50. The molecule has 0 bridgehead atoms. The second-order valence-corrected chi connectivity index (χ2v) is 4.83. The lowest BCUT2D eigenvalue weighted by Crippen LogP contribution is -2.28. The second kappa shape index (κ2) is 5.33. The molecule has 0 spiro atoms. The molecule has 0 fully saturated rings. The van der Waals surface area contributed by atoms with Crippen LogP contribution in [0.5, 0.6) is 0 Å². The van der Waals surface area contributed by atoms with E-state index in [2.05, 4.69) is 18.7 Å². The van der Waals surface area contributed by atoms with Crippen LogP contribution >= 0.6 is 0 Å². The summed E-state index contributed by atoms with van der Waals surface area (Å²) in [6.07, 6.45) is 10.0. The van der Waals surface area contributed by atoms with Crippen molar-refractivity contribution in [1.29, 1.82) is 0 Å². The van der Waals surface area contributed by atoms with Gasteiger partial charge in [0.15, 0.2) is 0 Å². The minimum atomic E-state index is -0.432. The van der Waals surface area contributed by atoms with E-state index in [1.54, 1.807) is 0 Å². The highest BCUT2D eigenvalue weighted by atomic mass is 16.3. The molecule has 1 nitrogen and oxygen atoms in total. The molecule has 1 aromatic carbocycles. The highest BCUT2D eigenvalue weighted by Gasteiger charge is 2.35. The molecule has 0 aliphatic heterocycles. The Morgan fingerprint density at radius 2 is 2.12 bits per heavy atom. The smallest absolute Gasteiger partial charge is 0.0883 e. The summed E-state index contributed by atoms with van der Waals surface area (Å²) in [5, 5.41) is 10.6. The van der Waals surface area contributed by atoms with Crippen molar-refractivity contribution in [2.24, 2.45) is 5.41 Å². The van der Waals surface area contributed by atoms with Crippen LogP contribution in [0.1, 0.15) is 37.4 Å². The fourth-order valence-corrected chi connectivity index (χ4v) is 2.70. The lowest BCUT2D eigenvalue weighted by Gasteiger charge is -2.37. The van der Waals surface area contributed by atoms with Crippen molar-refractivity contribution >= 4 is 0 Å². The van der Waals surface area contributed by atoms with Crippen LogP contribution < -0.4 is 0 Å². The molecule has 0 saturated heterocycles. The molecule has 0 aromatic heterocycles. The number of hydrogen-bond acceptors (Lipinski definition) is 1. The van der Waals surface area contributed by atoms with Crippen molar-refractivity contribution < 1.29 is 5.11 Å². The molecule has 1 aliphatic rings. The molecule has 0 amide bonds. The third-order valence-electron chi connectivity index (χ3n) is 3.65. The standard InChI is InChI=1S/C16H20O/c1-2-11-16(12-7-4-8-13-16)15(17)14-9-5-3-6-10-14/h2-3,5-7,9-10,12,15,17H,1,4,8,11,13H2/t15-,16-/m0/s1. The molecule has 90 valence electrons. The number of hydrogen-bond donors (Lipinski definition) is 1. The molecule has 1 heteroatoms. The Bertz CT molecular complexity index is 393. The van der Waals surface area contributed by atoms with Gasteiger partial charge < -0.3 is 5.11 Å². The first-order valence-electron chi connectivity index (χ1n) is 6.30. The molecule has 0 radical (unpaired) electrons. The average Bonchev–Trinajstić information content (AvgIpc) is 2.40. The Hall–Kier alpha value is -1.34. The van der Waals surface area contributed by atoms with Gasteiger partial charge in [-0.05, 0) is 31.2 Å². The van der Waals surface area contributed by atoms with Gasteiger partial charge in [0.05, 0.1) is 6.10 Å². The molecule has 17 heavy (non-hydrogen) atoms. The lowest BCUT2D eigenvalue weighted by atomic mass is 9.70. The molecular weight excluding hydrogens is 208 g/mol. The summed E-state index contributed by atoms with van der Waals surface area (Å²) >= 11 is 0. The number of aliphatic hydroxyl groups is 1. The average molecular weight is 228 g/mol. The molecule has 2 atom stereocenters. The molecule has 0 saturated carbocycles. The highest BCUT2D eigenvalue weighted by molar-refractivity contribution is 5.23. The maximum Gasteiger partial charge on any atom is 0.0883 e. The Kier molecular flexibility index (Phi) is 3.80. The summed E-state index contributed by atoms with van der Waals surface area (Å²) < 4.78 is 0. The van der Waals surface area contributed by atoms with E-state index < -0.39 is 6.10 Å². The van der Waals surface area contributed by atoms with Gasteiger partial charge in [-0.2, -0.15) is 0 Å². The normalized spacial score (nSPS) is 25.5. The summed E-state index contributed by atoms with van der Waals surface area (Å²) in [4.78, 5) is 0. The van der Waals surface area contributed by atoms with Crippen molar-refractivity contribution in [3.63, 3.8) is 0 Å². The summed E-state index contributed by atoms with van der Waals surface area (Å²) in [5.74, 6) is 0.